The minimum Gasteiger partial charge on any atom is -0.466 e. The first-order valence-corrected chi connectivity index (χ1v) is 13.4. The van der Waals surface area contributed by atoms with Crippen molar-refractivity contribution in [3.63, 3.8) is 0 Å². The number of likely N-dealkylation sites (tertiary alicyclic amines) is 1. The molecule has 8 nitrogen and oxygen atoms in total. The Hall–Kier alpha value is -2.71. The fraction of sp³-hybridized carbons (Fsp3) is 0.621. The van der Waals surface area contributed by atoms with Crippen LogP contribution < -0.4 is 4.90 Å². The molecule has 3 aliphatic heterocycles. The summed E-state index contributed by atoms with van der Waals surface area (Å²) in [4.78, 5) is 45.0. The Kier molecular flexibility index (Phi) is 7.81. The van der Waals surface area contributed by atoms with Crippen molar-refractivity contribution >= 4 is 23.5 Å². The number of rotatable bonds is 11. The average Bonchev–Trinajstić information content (AvgIpc) is 3.42. The molecule has 1 aromatic rings. The third kappa shape index (κ3) is 4.48. The molecule has 4 rings (SSSR count). The van der Waals surface area contributed by atoms with E-state index < -0.39 is 35.0 Å². The van der Waals surface area contributed by atoms with Gasteiger partial charge in [0.25, 0.3) is 5.91 Å². The molecule has 2 bridgehead atoms. The zero-order valence-electron chi connectivity index (χ0n) is 22.5. The van der Waals surface area contributed by atoms with E-state index in [4.69, 9.17) is 9.47 Å². The summed E-state index contributed by atoms with van der Waals surface area (Å²) in [6, 6.07) is 5.10. The Balaban J connectivity index is 1.78. The molecule has 0 saturated carbocycles. The summed E-state index contributed by atoms with van der Waals surface area (Å²) in [5, 5.41) is 9.23. The van der Waals surface area contributed by atoms with Gasteiger partial charge in [-0.25, -0.2) is 0 Å². The van der Waals surface area contributed by atoms with Crippen molar-refractivity contribution < 1.29 is 29.0 Å². The first-order chi connectivity index (χ1) is 17.6. The van der Waals surface area contributed by atoms with Crippen LogP contribution in [0.15, 0.2) is 30.9 Å². The largest absolute Gasteiger partial charge is 0.466 e. The summed E-state index contributed by atoms with van der Waals surface area (Å²) in [6.07, 6.45) is 4.78. The third-order valence-electron chi connectivity index (χ3n) is 8.34. The Morgan fingerprint density at radius 2 is 2.03 bits per heavy atom. The molecule has 3 aliphatic rings. The van der Waals surface area contributed by atoms with Gasteiger partial charge in [0.05, 0.1) is 18.1 Å². The molecule has 3 saturated heterocycles. The molecule has 3 fully saturated rings. The number of hydrogen-bond donors (Lipinski definition) is 1. The number of aliphatic hydroxyl groups excluding tert-OH is 1. The van der Waals surface area contributed by atoms with E-state index in [1.807, 2.05) is 39.0 Å². The van der Waals surface area contributed by atoms with E-state index in [0.717, 1.165) is 23.2 Å². The van der Waals surface area contributed by atoms with Crippen LogP contribution in [0.2, 0.25) is 0 Å². The van der Waals surface area contributed by atoms with Gasteiger partial charge in [-0.15, -0.1) is 6.58 Å². The number of benzene rings is 1. The van der Waals surface area contributed by atoms with Crippen LogP contribution in [-0.2, 0) is 23.9 Å². The van der Waals surface area contributed by atoms with E-state index in [0.29, 0.717) is 32.2 Å². The van der Waals surface area contributed by atoms with E-state index in [1.54, 1.807) is 22.8 Å². The Bertz CT molecular complexity index is 1070. The van der Waals surface area contributed by atoms with Crippen LogP contribution in [0.4, 0.5) is 5.69 Å². The summed E-state index contributed by atoms with van der Waals surface area (Å²) < 4.78 is 12.1. The molecular formula is C29H40N2O6. The van der Waals surface area contributed by atoms with E-state index >= 15 is 0 Å². The molecule has 37 heavy (non-hydrogen) atoms. The van der Waals surface area contributed by atoms with Crippen molar-refractivity contribution in [2.24, 2.45) is 11.8 Å². The van der Waals surface area contributed by atoms with Crippen molar-refractivity contribution in [2.45, 2.75) is 77.0 Å². The van der Waals surface area contributed by atoms with Crippen molar-refractivity contribution in [2.75, 3.05) is 31.2 Å². The number of esters is 1. The molecule has 0 aliphatic carbocycles. The van der Waals surface area contributed by atoms with Gasteiger partial charge < -0.3 is 24.4 Å². The second-order valence-electron chi connectivity index (χ2n) is 10.8. The number of amides is 2. The predicted octanol–water partition coefficient (Wildman–Crippen LogP) is 3.31. The zero-order valence-corrected chi connectivity index (χ0v) is 22.5. The molecule has 1 N–H and O–H groups in total. The van der Waals surface area contributed by atoms with Gasteiger partial charge in [0.15, 0.2) is 0 Å². The van der Waals surface area contributed by atoms with Crippen LogP contribution in [0, 0.1) is 25.7 Å². The number of carbonyl (C=O) groups is 3. The molecule has 0 radical (unpaired) electrons. The van der Waals surface area contributed by atoms with Gasteiger partial charge in [0.1, 0.15) is 17.6 Å². The van der Waals surface area contributed by atoms with Gasteiger partial charge in [-0.3, -0.25) is 14.4 Å². The number of unbranched alkanes of at least 4 members (excludes halogenated alkanes) is 2. The fourth-order valence-corrected chi connectivity index (χ4v) is 6.70. The number of aryl methyl sites for hydroxylation is 2. The Morgan fingerprint density at radius 3 is 2.70 bits per heavy atom. The van der Waals surface area contributed by atoms with Crippen molar-refractivity contribution in [1.82, 2.24) is 4.90 Å². The number of carbonyl (C=O) groups excluding carboxylic acids is 3. The lowest BCUT2D eigenvalue weighted by Crippen LogP contribution is -2.56. The van der Waals surface area contributed by atoms with Gasteiger partial charge >= 0.3 is 5.97 Å². The van der Waals surface area contributed by atoms with E-state index in [9.17, 15) is 19.5 Å². The first-order valence-electron chi connectivity index (χ1n) is 13.4. The molecule has 0 aromatic heterocycles. The highest BCUT2D eigenvalue weighted by Gasteiger charge is 2.78. The lowest BCUT2D eigenvalue weighted by atomic mass is 9.66. The van der Waals surface area contributed by atoms with Gasteiger partial charge in [-0.1, -0.05) is 18.2 Å². The number of nitrogens with zero attached hydrogens (tertiary/aromatic N) is 2. The molecule has 8 heteroatoms. The second kappa shape index (κ2) is 10.6. The standard InChI is InChI=1S/C29H40N2O6/c1-6-15-30(21-18-19(3)11-12-20(21)4)26(34)24-29-14-13-28(5,37-29)23(27(35)36-7-2)22(29)25(33)31(24)16-9-8-10-17-32/h6,11-12,18,22-24,32H,1,7-10,13-17H2,2-5H3/t22-,23-,24?,28+,29?/m0/s1. The van der Waals surface area contributed by atoms with Crippen molar-refractivity contribution in [3.8, 4) is 0 Å². The van der Waals surface area contributed by atoms with Crippen molar-refractivity contribution in [3.05, 3.63) is 42.0 Å². The van der Waals surface area contributed by atoms with Crippen LogP contribution in [-0.4, -0.2) is 71.3 Å². The number of hydrogen-bond acceptors (Lipinski definition) is 6. The summed E-state index contributed by atoms with van der Waals surface area (Å²) in [6.45, 7) is 12.4. The zero-order chi connectivity index (χ0) is 27.0. The molecule has 1 aromatic carbocycles. The fourth-order valence-electron chi connectivity index (χ4n) is 6.70. The number of fused-ring (bicyclic) bond motifs is 1. The van der Waals surface area contributed by atoms with Crippen molar-refractivity contribution in [1.29, 1.82) is 0 Å². The quantitative estimate of drug-likeness (QED) is 0.278. The molecule has 202 valence electrons. The Labute approximate surface area is 219 Å². The number of anilines is 1. The van der Waals surface area contributed by atoms with Gasteiger partial charge in [-0.2, -0.15) is 0 Å². The summed E-state index contributed by atoms with van der Waals surface area (Å²) in [5.41, 5.74) is 0.806. The van der Waals surface area contributed by atoms with Crippen LogP contribution >= 0.6 is 0 Å². The molecule has 2 amide bonds. The monoisotopic (exact) mass is 512 g/mol. The van der Waals surface area contributed by atoms with Gasteiger partial charge in [0.2, 0.25) is 5.91 Å². The first kappa shape index (κ1) is 27.3. The maximum Gasteiger partial charge on any atom is 0.312 e. The molecule has 2 unspecified atom stereocenters. The third-order valence-corrected chi connectivity index (χ3v) is 8.34. The number of ether oxygens (including phenoxy) is 2. The predicted molar refractivity (Wildman–Crippen MR) is 140 cm³/mol. The topological polar surface area (TPSA) is 96.4 Å². The maximum atomic E-state index is 14.5. The highest BCUT2D eigenvalue weighted by molar-refractivity contribution is 6.05. The summed E-state index contributed by atoms with van der Waals surface area (Å²) >= 11 is 0. The van der Waals surface area contributed by atoms with E-state index in [-0.39, 0.29) is 31.6 Å². The minimum absolute atomic E-state index is 0.0784. The highest BCUT2D eigenvalue weighted by Crippen LogP contribution is 2.63. The van der Waals surface area contributed by atoms with Crippen LogP contribution in [0.1, 0.15) is 57.1 Å². The molecule has 1 spiro atoms. The van der Waals surface area contributed by atoms with E-state index in [1.165, 1.54) is 0 Å². The number of aliphatic hydroxyl groups is 1. The Morgan fingerprint density at radius 1 is 1.27 bits per heavy atom. The molecule has 3 heterocycles. The lowest BCUT2D eigenvalue weighted by molar-refractivity contribution is -0.159. The minimum atomic E-state index is -1.09. The second-order valence-corrected chi connectivity index (χ2v) is 10.8. The SMILES string of the molecule is C=CCN(C(=O)C1N(CCCCCO)C(=O)[C@@H]2[C@@H](C(=O)OCC)[C@@]3(C)CCC12O3)c1cc(C)ccc1C. The lowest BCUT2D eigenvalue weighted by Gasteiger charge is -2.37. The molecular weight excluding hydrogens is 472 g/mol. The average molecular weight is 513 g/mol. The normalized spacial score (nSPS) is 29.9. The highest BCUT2D eigenvalue weighted by atomic mass is 16.6. The molecule has 5 atom stereocenters. The van der Waals surface area contributed by atoms with Gasteiger partial charge in [-0.05, 0) is 77.0 Å². The summed E-state index contributed by atoms with van der Waals surface area (Å²) in [7, 11) is 0. The summed E-state index contributed by atoms with van der Waals surface area (Å²) in [5.74, 6) is -2.39. The van der Waals surface area contributed by atoms with E-state index in [2.05, 4.69) is 6.58 Å². The van der Waals surface area contributed by atoms with Crippen LogP contribution in [0.3, 0.4) is 0 Å². The smallest absolute Gasteiger partial charge is 0.312 e. The van der Waals surface area contributed by atoms with Crippen LogP contribution in [0.5, 0.6) is 0 Å². The van der Waals surface area contributed by atoms with Crippen LogP contribution in [0.25, 0.3) is 0 Å². The van der Waals surface area contributed by atoms with Gasteiger partial charge in [0, 0.05) is 25.4 Å². The maximum absolute atomic E-state index is 14.5.